The number of likely N-dealkylation sites (N-methyl/N-ethyl adjacent to an activating group) is 1. The third kappa shape index (κ3) is 6.81. The van der Waals surface area contributed by atoms with Crippen molar-refractivity contribution in [2.75, 3.05) is 44.4 Å². The molecule has 2 aliphatic rings. The second-order valence-corrected chi connectivity index (χ2v) is 10.1. The van der Waals surface area contributed by atoms with Crippen molar-refractivity contribution in [2.45, 2.75) is 44.4 Å². The van der Waals surface area contributed by atoms with Crippen molar-refractivity contribution in [3.63, 3.8) is 0 Å². The van der Waals surface area contributed by atoms with E-state index in [0.29, 0.717) is 37.1 Å². The van der Waals surface area contributed by atoms with Crippen LogP contribution in [0.1, 0.15) is 55.7 Å². The van der Waals surface area contributed by atoms with Gasteiger partial charge in [-0.05, 0) is 64.4 Å². The summed E-state index contributed by atoms with van der Waals surface area (Å²) in [6, 6.07) is 9.26. The molecular weight excluding hydrogens is 456 g/mol. The smallest absolute Gasteiger partial charge is 0.246 e. The molecular formula is C27H36N6O3. The first kappa shape index (κ1) is 25.6. The van der Waals surface area contributed by atoms with Crippen LogP contribution < -0.4 is 10.6 Å². The van der Waals surface area contributed by atoms with Crippen molar-refractivity contribution < 1.29 is 14.4 Å². The van der Waals surface area contributed by atoms with E-state index in [-0.39, 0.29) is 23.6 Å². The number of nitrogens with one attached hydrogen (secondary N) is 3. The number of benzene rings is 1. The van der Waals surface area contributed by atoms with E-state index in [1.807, 2.05) is 62.3 Å². The van der Waals surface area contributed by atoms with Gasteiger partial charge in [-0.15, -0.1) is 0 Å². The number of carbonyl (C=O) groups is 3. The summed E-state index contributed by atoms with van der Waals surface area (Å²) >= 11 is 0. The molecule has 192 valence electrons. The van der Waals surface area contributed by atoms with Gasteiger partial charge in [0.25, 0.3) is 0 Å². The Morgan fingerprint density at radius 1 is 1.19 bits per heavy atom. The number of H-pyrrole nitrogens is 1. The quantitative estimate of drug-likeness (QED) is 0.465. The summed E-state index contributed by atoms with van der Waals surface area (Å²) in [5, 5.41) is 13.1. The molecule has 4 rings (SSSR count). The first-order valence-electron chi connectivity index (χ1n) is 12.7. The molecule has 9 heteroatoms. The van der Waals surface area contributed by atoms with Gasteiger partial charge in [-0.2, -0.15) is 5.10 Å². The molecule has 0 bridgehead atoms. The van der Waals surface area contributed by atoms with Crippen LogP contribution in [0.4, 0.5) is 11.5 Å². The second-order valence-electron chi connectivity index (χ2n) is 10.1. The van der Waals surface area contributed by atoms with Gasteiger partial charge in [0.15, 0.2) is 5.82 Å². The number of piperidine rings is 1. The number of rotatable bonds is 9. The molecule has 1 saturated carbocycles. The molecule has 1 aromatic heterocycles. The highest BCUT2D eigenvalue weighted by Crippen LogP contribution is 2.39. The van der Waals surface area contributed by atoms with E-state index in [1.165, 1.54) is 0 Å². The SMILES string of the molecule is CC(C(=O)Nc1cc(C2CC2)[nH]n1)c1cccc(NC(=O)C2CCCN(C(=O)C=CCN(C)C)C2)c1. The number of hydrogen-bond donors (Lipinski definition) is 3. The number of amides is 3. The summed E-state index contributed by atoms with van der Waals surface area (Å²) < 4.78 is 0. The summed E-state index contributed by atoms with van der Waals surface area (Å²) in [6.45, 7) is 3.59. The van der Waals surface area contributed by atoms with E-state index in [2.05, 4.69) is 20.8 Å². The maximum absolute atomic E-state index is 13.0. The lowest BCUT2D eigenvalue weighted by Crippen LogP contribution is -2.43. The van der Waals surface area contributed by atoms with E-state index in [4.69, 9.17) is 0 Å². The summed E-state index contributed by atoms with van der Waals surface area (Å²) in [5.74, 6) is 0.0619. The van der Waals surface area contributed by atoms with Gasteiger partial charge in [0.2, 0.25) is 17.7 Å². The van der Waals surface area contributed by atoms with Gasteiger partial charge < -0.3 is 20.4 Å². The Morgan fingerprint density at radius 2 is 2.00 bits per heavy atom. The number of aromatic nitrogens is 2. The molecule has 3 amide bonds. The largest absolute Gasteiger partial charge is 0.338 e. The normalized spacial score (nSPS) is 18.9. The average molecular weight is 493 g/mol. The van der Waals surface area contributed by atoms with Gasteiger partial charge in [0, 0.05) is 49.1 Å². The van der Waals surface area contributed by atoms with Gasteiger partial charge in [0.1, 0.15) is 0 Å². The Hall–Kier alpha value is -3.46. The Labute approximate surface area is 212 Å². The fourth-order valence-corrected chi connectivity index (χ4v) is 4.38. The van der Waals surface area contributed by atoms with Crippen molar-refractivity contribution in [2.24, 2.45) is 5.92 Å². The van der Waals surface area contributed by atoms with Crippen LogP contribution in [0, 0.1) is 5.92 Å². The molecule has 1 aliphatic heterocycles. The number of carbonyl (C=O) groups excluding carboxylic acids is 3. The molecule has 2 fully saturated rings. The van der Waals surface area contributed by atoms with E-state index in [9.17, 15) is 14.4 Å². The molecule has 0 radical (unpaired) electrons. The monoisotopic (exact) mass is 492 g/mol. The zero-order valence-corrected chi connectivity index (χ0v) is 21.3. The van der Waals surface area contributed by atoms with Crippen LogP contribution in [0.3, 0.4) is 0 Å². The topological polar surface area (TPSA) is 110 Å². The Bertz CT molecular complexity index is 1120. The van der Waals surface area contributed by atoms with E-state index in [0.717, 1.165) is 36.9 Å². The van der Waals surface area contributed by atoms with Crippen LogP contribution in [0.5, 0.6) is 0 Å². The number of anilines is 2. The number of likely N-dealkylation sites (tertiary alicyclic amines) is 1. The lowest BCUT2D eigenvalue weighted by Gasteiger charge is -2.31. The third-order valence-corrected chi connectivity index (χ3v) is 6.75. The number of nitrogens with zero attached hydrogens (tertiary/aromatic N) is 3. The fraction of sp³-hybridized carbons (Fsp3) is 0.481. The van der Waals surface area contributed by atoms with Crippen LogP contribution in [0.15, 0.2) is 42.5 Å². The first-order chi connectivity index (χ1) is 17.3. The standard InChI is InChI=1S/C27H36N6O3/c1-18(26(35)29-24-16-23(30-31-24)19-11-12-19)20-7-4-9-22(15-20)28-27(36)21-8-5-14-33(17-21)25(34)10-6-13-32(2)3/h4,6-7,9-10,15-16,18-19,21H,5,8,11-14,17H2,1-3H3,(H,28,36)(H2,29,30,31,35). The predicted molar refractivity (Wildman–Crippen MR) is 140 cm³/mol. The van der Waals surface area contributed by atoms with Crippen molar-refractivity contribution in [3.8, 4) is 0 Å². The highest BCUT2D eigenvalue weighted by Gasteiger charge is 2.28. The highest BCUT2D eigenvalue weighted by molar-refractivity contribution is 5.96. The number of aromatic amines is 1. The van der Waals surface area contributed by atoms with E-state index < -0.39 is 5.92 Å². The summed E-state index contributed by atoms with van der Waals surface area (Å²) in [4.78, 5) is 42.0. The Morgan fingerprint density at radius 3 is 2.75 bits per heavy atom. The van der Waals surface area contributed by atoms with Crippen LogP contribution in [-0.4, -0.2) is 71.4 Å². The minimum atomic E-state index is -0.417. The lowest BCUT2D eigenvalue weighted by atomic mass is 9.96. The molecule has 1 aliphatic carbocycles. The average Bonchev–Trinajstić information content (AvgIpc) is 3.62. The van der Waals surface area contributed by atoms with Crippen molar-refractivity contribution in [1.82, 2.24) is 20.0 Å². The zero-order valence-electron chi connectivity index (χ0n) is 21.3. The molecule has 36 heavy (non-hydrogen) atoms. The minimum absolute atomic E-state index is 0.0580. The molecule has 1 aromatic carbocycles. The summed E-state index contributed by atoms with van der Waals surface area (Å²) in [6.07, 6.45) is 7.28. The predicted octanol–water partition coefficient (Wildman–Crippen LogP) is 3.32. The summed E-state index contributed by atoms with van der Waals surface area (Å²) in [7, 11) is 3.89. The van der Waals surface area contributed by atoms with Crippen LogP contribution in [0.2, 0.25) is 0 Å². The molecule has 0 spiro atoms. The molecule has 2 heterocycles. The molecule has 2 aromatic rings. The molecule has 1 saturated heterocycles. The van der Waals surface area contributed by atoms with Crippen LogP contribution in [-0.2, 0) is 14.4 Å². The Kier molecular flexibility index (Phi) is 8.20. The van der Waals surface area contributed by atoms with Crippen molar-refractivity contribution in [1.29, 1.82) is 0 Å². The Balaban J connectivity index is 1.32. The van der Waals surface area contributed by atoms with Crippen LogP contribution >= 0.6 is 0 Å². The maximum atomic E-state index is 13.0. The van der Waals surface area contributed by atoms with Gasteiger partial charge in [-0.1, -0.05) is 18.2 Å². The second kappa shape index (κ2) is 11.5. The summed E-state index contributed by atoms with van der Waals surface area (Å²) in [5.41, 5.74) is 2.51. The van der Waals surface area contributed by atoms with E-state index in [1.54, 1.807) is 11.0 Å². The highest BCUT2D eigenvalue weighted by atomic mass is 16.2. The molecule has 9 nitrogen and oxygen atoms in total. The zero-order chi connectivity index (χ0) is 25.7. The van der Waals surface area contributed by atoms with Gasteiger partial charge >= 0.3 is 0 Å². The van der Waals surface area contributed by atoms with Crippen LogP contribution in [0.25, 0.3) is 0 Å². The first-order valence-corrected chi connectivity index (χ1v) is 12.7. The molecule has 3 N–H and O–H groups in total. The van der Waals surface area contributed by atoms with Gasteiger partial charge in [0.05, 0.1) is 11.8 Å². The van der Waals surface area contributed by atoms with Gasteiger partial charge in [-0.25, -0.2) is 0 Å². The van der Waals surface area contributed by atoms with Gasteiger partial charge in [-0.3, -0.25) is 19.5 Å². The lowest BCUT2D eigenvalue weighted by molar-refractivity contribution is -0.130. The fourth-order valence-electron chi connectivity index (χ4n) is 4.38. The van der Waals surface area contributed by atoms with Crippen molar-refractivity contribution in [3.05, 3.63) is 53.7 Å². The third-order valence-electron chi connectivity index (χ3n) is 6.75. The van der Waals surface area contributed by atoms with E-state index >= 15 is 0 Å². The molecule has 2 unspecified atom stereocenters. The molecule has 2 atom stereocenters. The number of hydrogen-bond acceptors (Lipinski definition) is 5. The van der Waals surface area contributed by atoms with Crippen molar-refractivity contribution >= 4 is 29.2 Å². The maximum Gasteiger partial charge on any atom is 0.246 e. The minimum Gasteiger partial charge on any atom is -0.338 e.